The zero-order valence-corrected chi connectivity index (χ0v) is 18.4. The van der Waals surface area contributed by atoms with Crippen molar-refractivity contribution in [2.45, 2.75) is 37.8 Å². The van der Waals surface area contributed by atoms with Crippen molar-refractivity contribution in [1.29, 1.82) is 0 Å². The molecule has 1 aliphatic rings. The van der Waals surface area contributed by atoms with E-state index in [1.165, 1.54) is 12.1 Å². The highest BCUT2D eigenvalue weighted by atomic mass is 35.5. The summed E-state index contributed by atoms with van der Waals surface area (Å²) >= 11 is 5.95. The van der Waals surface area contributed by atoms with Gasteiger partial charge < -0.3 is 20.6 Å². The molecule has 0 spiro atoms. The molecule has 1 heterocycles. The quantitative estimate of drug-likeness (QED) is 0.551. The van der Waals surface area contributed by atoms with E-state index in [0.717, 1.165) is 42.4 Å². The summed E-state index contributed by atoms with van der Waals surface area (Å²) in [6.07, 6.45) is 3.44. The van der Waals surface area contributed by atoms with Gasteiger partial charge in [0.15, 0.2) is 0 Å². The molecule has 0 aliphatic heterocycles. The van der Waals surface area contributed by atoms with E-state index >= 15 is 0 Å². The normalized spacial score (nSPS) is 18.5. The summed E-state index contributed by atoms with van der Waals surface area (Å²) in [4.78, 5) is 23.9. The number of anilines is 2. The predicted octanol–water partition coefficient (Wildman–Crippen LogP) is 4.21. The Morgan fingerprint density at radius 1 is 1.06 bits per heavy atom. The molecule has 0 atom stereocenters. The Hall–Kier alpha value is -3.06. The van der Waals surface area contributed by atoms with Crippen LogP contribution in [-0.2, 0) is 0 Å². The third-order valence-corrected chi connectivity index (χ3v) is 5.84. The van der Waals surface area contributed by atoms with Crippen molar-refractivity contribution in [3.05, 3.63) is 53.1 Å². The molecule has 0 unspecified atom stereocenters. The summed E-state index contributed by atoms with van der Waals surface area (Å²) in [6, 6.07) is 12.8. The fraction of sp³-hybridized carbons (Fsp3) is 0.348. The highest BCUT2D eigenvalue weighted by Crippen LogP contribution is 2.27. The number of amides is 1. The van der Waals surface area contributed by atoms with E-state index in [1.807, 2.05) is 43.3 Å². The molecule has 0 bridgehead atoms. The van der Waals surface area contributed by atoms with Crippen molar-refractivity contribution in [2.75, 3.05) is 24.3 Å². The molecule has 2 aromatic carbocycles. The first-order valence-corrected chi connectivity index (χ1v) is 10.8. The number of rotatable bonds is 5. The maximum absolute atomic E-state index is 12.5. The number of fused-ring (bicyclic) bond motifs is 1. The highest BCUT2D eigenvalue weighted by molar-refractivity contribution is 6.31. The molecule has 3 N–H and O–H groups in total. The Morgan fingerprint density at radius 2 is 1.77 bits per heavy atom. The molecule has 8 heteroatoms. The van der Waals surface area contributed by atoms with Crippen molar-refractivity contribution in [2.24, 2.45) is 0 Å². The van der Waals surface area contributed by atoms with Crippen molar-refractivity contribution < 1.29 is 9.90 Å². The van der Waals surface area contributed by atoms with Crippen molar-refractivity contribution in [1.82, 2.24) is 15.3 Å². The second-order valence-electron chi connectivity index (χ2n) is 8.11. The molecule has 7 nitrogen and oxygen atoms in total. The van der Waals surface area contributed by atoms with E-state index < -0.39 is 0 Å². The molecule has 1 amide bonds. The lowest BCUT2D eigenvalue weighted by Crippen LogP contribution is -2.40. The number of para-hydroxylation sites is 1. The maximum atomic E-state index is 12.5. The van der Waals surface area contributed by atoms with E-state index in [9.17, 15) is 9.90 Å². The van der Waals surface area contributed by atoms with Crippen LogP contribution in [0.15, 0.2) is 42.5 Å². The van der Waals surface area contributed by atoms with Gasteiger partial charge in [-0.2, -0.15) is 4.98 Å². The summed E-state index contributed by atoms with van der Waals surface area (Å²) in [7, 11) is 3.95. The first-order chi connectivity index (χ1) is 14.9. The minimum Gasteiger partial charge on any atom is -0.507 e. The third-order valence-electron chi connectivity index (χ3n) is 5.61. The van der Waals surface area contributed by atoms with Crippen LogP contribution in [0.4, 0.5) is 11.8 Å². The Labute approximate surface area is 186 Å². The Morgan fingerprint density at radius 3 is 2.52 bits per heavy atom. The van der Waals surface area contributed by atoms with Gasteiger partial charge in [0.05, 0.1) is 11.1 Å². The molecule has 31 heavy (non-hydrogen) atoms. The van der Waals surface area contributed by atoms with E-state index in [1.54, 1.807) is 6.07 Å². The number of aromatic nitrogens is 2. The average Bonchev–Trinajstić information content (AvgIpc) is 2.76. The van der Waals surface area contributed by atoms with E-state index in [4.69, 9.17) is 16.6 Å². The molecule has 1 aromatic heterocycles. The molecule has 4 rings (SSSR count). The van der Waals surface area contributed by atoms with Crippen LogP contribution in [0.5, 0.6) is 5.75 Å². The fourth-order valence-electron chi connectivity index (χ4n) is 3.98. The summed E-state index contributed by atoms with van der Waals surface area (Å²) in [6.45, 7) is 0. The van der Waals surface area contributed by atoms with E-state index in [0.29, 0.717) is 11.0 Å². The molecular weight excluding hydrogens is 414 g/mol. The monoisotopic (exact) mass is 439 g/mol. The molecule has 1 aliphatic carbocycles. The van der Waals surface area contributed by atoms with Crippen molar-refractivity contribution in [3.8, 4) is 5.75 Å². The molecule has 0 saturated heterocycles. The lowest BCUT2D eigenvalue weighted by Gasteiger charge is -2.30. The Kier molecular flexibility index (Phi) is 6.13. The standard InChI is InChI=1S/C23H26ClN5O2/c1-29(2)21-17-5-3-4-6-19(17)27-23(28-21)26-16-10-8-15(9-11-16)25-22(31)18-13-14(24)7-12-20(18)30/h3-7,12-13,15-16,30H,8-11H2,1-2H3,(H,25,31)(H,26,27,28)/t15-,16+. The number of carbonyl (C=O) groups is 1. The smallest absolute Gasteiger partial charge is 0.255 e. The van der Waals surface area contributed by atoms with Crippen LogP contribution < -0.4 is 15.5 Å². The van der Waals surface area contributed by atoms with Gasteiger partial charge in [0, 0.05) is 36.6 Å². The second kappa shape index (κ2) is 8.98. The largest absolute Gasteiger partial charge is 0.507 e. The molecule has 0 radical (unpaired) electrons. The molecule has 1 saturated carbocycles. The van der Waals surface area contributed by atoms with E-state index in [-0.39, 0.29) is 29.3 Å². The van der Waals surface area contributed by atoms with E-state index in [2.05, 4.69) is 15.6 Å². The zero-order valence-electron chi connectivity index (χ0n) is 17.6. The van der Waals surface area contributed by atoms with Crippen LogP contribution in [0.3, 0.4) is 0 Å². The summed E-state index contributed by atoms with van der Waals surface area (Å²) in [5.41, 5.74) is 1.11. The molecule has 3 aromatic rings. The van der Waals surface area contributed by atoms with Gasteiger partial charge >= 0.3 is 0 Å². The lowest BCUT2D eigenvalue weighted by atomic mass is 9.91. The number of nitrogens with one attached hydrogen (secondary N) is 2. The summed E-state index contributed by atoms with van der Waals surface area (Å²) in [5.74, 6) is 1.14. The first kappa shape index (κ1) is 21.2. The van der Waals surface area contributed by atoms with Gasteiger partial charge in [0.25, 0.3) is 5.91 Å². The molecular formula is C23H26ClN5O2. The van der Waals surface area contributed by atoms with Gasteiger partial charge in [-0.15, -0.1) is 0 Å². The van der Waals surface area contributed by atoms with Crippen LogP contribution in [-0.4, -0.2) is 47.2 Å². The van der Waals surface area contributed by atoms with Crippen LogP contribution in [0.1, 0.15) is 36.0 Å². The molecule has 1 fully saturated rings. The van der Waals surface area contributed by atoms with Gasteiger partial charge in [-0.1, -0.05) is 23.7 Å². The highest BCUT2D eigenvalue weighted by Gasteiger charge is 2.24. The average molecular weight is 440 g/mol. The zero-order chi connectivity index (χ0) is 22.0. The Bertz CT molecular complexity index is 1100. The number of halogens is 1. The minimum absolute atomic E-state index is 0.0544. The number of hydrogen-bond acceptors (Lipinski definition) is 6. The van der Waals surface area contributed by atoms with Crippen molar-refractivity contribution in [3.63, 3.8) is 0 Å². The van der Waals surface area contributed by atoms with Crippen LogP contribution in [0, 0.1) is 0 Å². The van der Waals surface area contributed by atoms with Crippen LogP contribution >= 0.6 is 11.6 Å². The SMILES string of the molecule is CN(C)c1nc(N[C@H]2CC[C@@H](NC(=O)c3cc(Cl)ccc3O)CC2)nc2ccccc12. The minimum atomic E-state index is -0.301. The van der Waals surface area contributed by atoms with Gasteiger partial charge in [0.1, 0.15) is 11.6 Å². The lowest BCUT2D eigenvalue weighted by molar-refractivity contribution is 0.0924. The first-order valence-electron chi connectivity index (χ1n) is 10.4. The van der Waals surface area contributed by atoms with Gasteiger partial charge in [-0.3, -0.25) is 4.79 Å². The summed E-state index contributed by atoms with van der Waals surface area (Å²) < 4.78 is 0. The fourth-order valence-corrected chi connectivity index (χ4v) is 4.16. The van der Waals surface area contributed by atoms with Gasteiger partial charge in [0.2, 0.25) is 5.95 Å². The number of carbonyl (C=O) groups excluding carboxylic acids is 1. The number of benzene rings is 2. The maximum Gasteiger partial charge on any atom is 0.255 e. The predicted molar refractivity (Wildman–Crippen MR) is 124 cm³/mol. The number of hydrogen-bond donors (Lipinski definition) is 3. The second-order valence-corrected chi connectivity index (χ2v) is 8.55. The number of aromatic hydroxyl groups is 1. The molecule has 162 valence electrons. The van der Waals surface area contributed by atoms with Gasteiger partial charge in [-0.05, 0) is 56.0 Å². The van der Waals surface area contributed by atoms with Crippen molar-refractivity contribution >= 4 is 40.2 Å². The van der Waals surface area contributed by atoms with Crippen LogP contribution in [0.2, 0.25) is 5.02 Å². The topological polar surface area (TPSA) is 90.4 Å². The summed E-state index contributed by atoms with van der Waals surface area (Å²) in [5, 5.41) is 17.9. The number of phenols is 1. The number of phenolic OH excluding ortho intramolecular Hbond substituents is 1. The third kappa shape index (κ3) is 4.82. The number of nitrogens with zero attached hydrogens (tertiary/aromatic N) is 3. The Balaban J connectivity index is 1.38. The van der Waals surface area contributed by atoms with Gasteiger partial charge in [-0.25, -0.2) is 4.98 Å². The van der Waals surface area contributed by atoms with Crippen LogP contribution in [0.25, 0.3) is 10.9 Å².